The normalized spacial score (nSPS) is 21.3. The average Bonchev–Trinajstić information content (AvgIpc) is 3.23. The van der Waals surface area contributed by atoms with Gasteiger partial charge in [-0.05, 0) is 30.5 Å². The molecule has 1 heterocycles. The van der Waals surface area contributed by atoms with Gasteiger partial charge in [0.15, 0.2) is 0 Å². The molecule has 18 heavy (non-hydrogen) atoms. The fraction of sp³-hybridized carbons (Fsp3) is 0.571. The second-order valence-corrected chi connectivity index (χ2v) is 5.67. The lowest BCUT2D eigenvalue weighted by Crippen LogP contribution is -2.47. The molecule has 1 aliphatic heterocycles. The first-order valence-corrected chi connectivity index (χ1v) is 7.13. The minimum Gasteiger partial charge on any atom is -0.369 e. The smallest absolute Gasteiger partial charge is 0.0427 e. The number of hydrogen-bond donors (Lipinski definition) is 1. The van der Waals surface area contributed by atoms with Gasteiger partial charge in [-0.2, -0.15) is 0 Å². The van der Waals surface area contributed by atoms with Crippen molar-refractivity contribution in [2.24, 2.45) is 5.73 Å². The fourth-order valence-electron chi connectivity index (χ4n) is 2.77. The van der Waals surface area contributed by atoms with Crippen molar-refractivity contribution >= 4 is 17.3 Å². The molecule has 0 aromatic heterocycles. The molecule has 98 valence electrons. The Kier molecular flexibility index (Phi) is 3.46. The summed E-state index contributed by atoms with van der Waals surface area (Å²) in [5.74, 6) is 0. The van der Waals surface area contributed by atoms with Crippen LogP contribution in [0.3, 0.4) is 0 Å². The van der Waals surface area contributed by atoms with Crippen molar-refractivity contribution in [3.63, 3.8) is 0 Å². The predicted molar refractivity (Wildman–Crippen MR) is 76.2 cm³/mol. The molecule has 2 fully saturated rings. The number of rotatable bonds is 3. The number of nitrogens with zero attached hydrogens (tertiary/aromatic N) is 2. The van der Waals surface area contributed by atoms with Gasteiger partial charge >= 0.3 is 0 Å². The van der Waals surface area contributed by atoms with Crippen molar-refractivity contribution in [3.05, 3.63) is 28.8 Å². The molecule has 1 aliphatic carbocycles. The third kappa shape index (κ3) is 2.48. The molecule has 1 saturated heterocycles. The van der Waals surface area contributed by atoms with Gasteiger partial charge in [-0.25, -0.2) is 0 Å². The zero-order valence-electron chi connectivity index (χ0n) is 10.6. The minimum atomic E-state index is 0.579. The van der Waals surface area contributed by atoms with Crippen molar-refractivity contribution in [1.29, 1.82) is 0 Å². The van der Waals surface area contributed by atoms with E-state index in [2.05, 4.69) is 15.9 Å². The zero-order chi connectivity index (χ0) is 12.5. The van der Waals surface area contributed by atoms with Gasteiger partial charge < -0.3 is 10.6 Å². The third-order valence-corrected chi connectivity index (χ3v) is 4.22. The van der Waals surface area contributed by atoms with Gasteiger partial charge in [-0.15, -0.1) is 0 Å². The second kappa shape index (κ2) is 5.08. The number of anilines is 1. The van der Waals surface area contributed by atoms with Gasteiger partial charge in [0, 0.05) is 49.5 Å². The maximum atomic E-state index is 6.10. The molecule has 0 radical (unpaired) electrons. The Bertz CT molecular complexity index is 423. The zero-order valence-corrected chi connectivity index (χ0v) is 11.4. The van der Waals surface area contributed by atoms with E-state index in [1.54, 1.807) is 0 Å². The molecule has 2 aliphatic rings. The molecule has 0 unspecified atom stereocenters. The Labute approximate surface area is 114 Å². The van der Waals surface area contributed by atoms with Crippen LogP contribution in [-0.2, 0) is 6.54 Å². The fourth-order valence-corrected chi connectivity index (χ4v) is 2.94. The summed E-state index contributed by atoms with van der Waals surface area (Å²) in [4.78, 5) is 5.04. The number of benzene rings is 1. The quantitative estimate of drug-likeness (QED) is 0.908. The molecule has 3 nitrogen and oxygen atoms in total. The first-order chi connectivity index (χ1) is 8.78. The number of piperazine rings is 1. The van der Waals surface area contributed by atoms with Crippen LogP contribution >= 0.6 is 11.6 Å². The summed E-state index contributed by atoms with van der Waals surface area (Å²) in [5, 5.41) is 0.798. The molecule has 0 bridgehead atoms. The topological polar surface area (TPSA) is 32.5 Å². The Morgan fingerprint density at radius 3 is 2.50 bits per heavy atom. The van der Waals surface area contributed by atoms with Crippen LogP contribution in [0, 0.1) is 0 Å². The van der Waals surface area contributed by atoms with Gasteiger partial charge in [0.05, 0.1) is 0 Å². The van der Waals surface area contributed by atoms with Crippen LogP contribution in [0.4, 0.5) is 5.69 Å². The highest BCUT2D eigenvalue weighted by molar-refractivity contribution is 6.30. The number of hydrogen-bond acceptors (Lipinski definition) is 3. The van der Waals surface area contributed by atoms with Crippen LogP contribution < -0.4 is 10.6 Å². The average molecular weight is 266 g/mol. The SMILES string of the molecule is NCc1ccc(Cl)cc1N1CCN(C2CC2)CC1. The van der Waals surface area contributed by atoms with Gasteiger partial charge in [0.2, 0.25) is 0 Å². The van der Waals surface area contributed by atoms with E-state index in [4.69, 9.17) is 17.3 Å². The van der Waals surface area contributed by atoms with E-state index < -0.39 is 0 Å². The van der Waals surface area contributed by atoms with Gasteiger partial charge in [-0.1, -0.05) is 17.7 Å². The van der Waals surface area contributed by atoms with E-state index in [1.807, 2.05) is 12.1 Å². The molecule has 1 aromatic carbocycles. The lowest BCUT2D eigenvalue weighted by Gasteiger charge is -2.37. The highest BCUT2D eigenvalue weighted by Crippen LogP contribution is 2.30. The largest absolute Gasteiger partial charge is 0.369 e. The molecular formula is C14H20ClN3. The van der Waals surface area contributed by atoms with E-state index in [0.29, 0.717) is 6.54 Å². The molecule has 3 rings (SSSR count). The third-order valence-electron chi connectivity index (χ3n) is 3.99. The highest BCUT2D eigenvalue weighted by atomic mass is 35.5. The molecular weight excluding hydrogens is 246 g/mol. The Hall–Kier alpha value is -0.770. The minimum absolute atomic E-state index is 0.579. The van der Waals surface area contributed by atoms with Crippen LogP contribution in [0.25, 0.3) is 0 Å². The lowest BCUT2D eigenvalue weighted by molar-refractivity contribution is 0.248. The molecule has 0 atom stereocenters. The number of halogens is 1. The summed E-state index contributed by atoms with van der Waals surface area (Å²) in [6.45, 7) is 5.09. The van der Waals surface area contributed by atoms with E-state index in [-0.39, 0.29) is 0 Å². The molecule has 1 saturated carbocycles. The van der Waals surface area contributed by atoms with Crippen molar-refractivity contribution in [2.45, 2.75) is 25.4 Å². The molecule has 4 heteroatoms. The van der Waals surface area contributed by atoms with Crippen molar-refractivity contribution < 1.29 is 0 Å². The van der Waals surface area contributed by atoms with E-state index in [9.17, 15) is 0 Å². The summed E-state index contributed by atoms with van der Waals surface area (Å²) >= 11 is 6.10. The second-order valence-electron chi connectivity index (χ2n) is 5.23. The maximum absolute atomic E-state index is 6.10. The van der Waals surface area contributed by atoms with Gasteiger partial charge in [0.25, 0.3) is 0 Å². The van der Waals surface area contributed by atoms with Crippen LogP contribution in [0.5, 0.6) is 0 Å². The molecule has 1 aromatic rings. The van der Waals surface area contributed by atoms with Crippen LogP contribution in [0.1, 0.15) is 18.4 Å². The maximum Gasteiger partial charge on any atom is 0.0427 e. The molecule has 0 spiro atoms. The number of nitrogens with two attached hydrogens (primary N) is 1. The predicted octanol–water partition coefficient (Wildman–Crippen LogP) is 2.08. The van der Waals surface area contributed by atoms with E-state index in [1.165, 1.54) is 37.2 Å². The van der Waals surface area contributed by atoms with Crippen LogP contribution in [-0.4, -0.2) is 37.1 Å². The first kappa shape index (κ1) is 12.3. The van der Waals surface area contributed by atoms with Gasteiger partial charge in [0.1, 0.15) is 0 Å². The van der Waals surface area contributed by atoms with Crippen LogP contribution in [0.15, 0.2) is 18.2 Å². The summed E-state index contributed by atoms with van der Waals surface area (Å²) in [6, 6.07) is 6.90. The van der Waals surface area contributed by atoms with Gasteiger partial charge in [-0.3, -0.25) is 4.90 Å². The van der Waals surface area contributed by atoms with E-state index in [0.717, 1.165) is 24.2 Å². The standard InChI is InChI=1S/C14H20ClN3/c15-12-2-1-11(10-16)14(9-12)18-7-5-17(6-8-18)13-3-4-13/h1-2,9,13H,3-8,10,16H2. The monoisotopic (exact) mass is 265 g/mol. The first-order valence-electron chi connectivity index (χ1n) is 6.75. The van der Waals surface area contributed by atoms with Crippen LogP contribution in [0.2, 0.25) is 5.02 Å². The summed E-state index contributed by atoms with van der Waals surface area (Å²) in [7, 11) is 0. The van der Waals surface area contributed by atoms with Crippen molar-refractivity contribution in [1.82, 2.24) is 4.90 Å². The lowest BCUT2D eigenvalue weighted by atomic mass is 10.1. The Balaban J connectivity index is 1.72. The Morgan fingerprint density at radius 1 is 1.17 bits per heavy atom. The summed E-state index contributed by atoms with van der Waals surface area (Å²) in [6.07, 6.45) is 2.79. The van der Waals surface area contributed by atoms with Crippen molar-refractivity contribution in [3.8, 4) is 0 Å². The summed E-state index contributed by atoms with van der Waals surface area (Å²) < 4.78 is 0. The van der Waals surface area contributed by atoms with Crippen molar-refractivity contribution in [2.75, 3.05) is 31.1 Å². The highest BCUT2D eigenvalue weighted by Gasteiger charge is 2.31. The molecule has 0 amide bonds. The van der Waals surface area contributed by atoms with E-state index >= 15 is 0 Å². The summed E-state index contributed by atoms with van der Waals surface area (Å²) in [5.41, 5.74) is 8.23. The Morgan fingerprint density at radius 2 is 1.89 bits per heavy atom. The molecule has 2 N–H and O–H groups in total.